The topological polar surface area (TPSA) is 43.4 Å². The number of ketones is 1. The summed E-state index contributed by atoms with van der Waals surface area (Å²) in [5.41, 5.74) is 1.78. The van der Waals surface area contributed by atoms with Crippen molar-refractivity contribution in [2.75, 3.05) is 0 Å². The van der Waals surface area contributed by atoms with E-state index in [1.54, 1.807) is 11.6 Å². The Labute approximate surface area is 167 Å². The SMILES string of the molecule is CC[C@]12CCC3C4CCC(=O)C=C4C4(CC4)CC3C1C1CC1C21C=CC(=O)O1. The van der Waals surface area contributed by atoms with Crippen molar-refractivity contribution in [3.63, 3.8) is 0 Å². The molecule has 0 saturated heterocycles. The van der Waals surface area contributed by atoms with Crippen LogP contribution in [0.4, 0.5) is 0 Å². The highest BCUT2D eigenvalue weighted by atomic mass is 16.6. The van der Waals surface area contributed by atoms with Gasteiger partial charge in [-0.3, -0.25) is 4.79 Å². The predicted octanol–water partition coefficient (Wildman–Crippen LogP) is 4.62. The van der Waals surface area contributed by atoms with Crippen molar-refractivity contribution in [2.24, 2.45) is 46.3 Å². The third-order valence-corrected chi connectivity index (χ3v) is 10.6. The molecule has 0 amide bonds. The van der Waals surface area contributed by atoms with E-state index in [9.17, 15) is 9.59 Å². The molecule has 0 aromatic heterocycles. The molecule has 148 valence electrons. The molecule has 0 aromatic carbocycles. The van der Waals surface area contributed by atoms with Gasteiger partial charge in [0.25, 0.3) is 0 Å². The minimum atomic E-state index is -0.297. The highest BCUT2D eigenvalue weighted by Gasteiger charge is 2.79. The van der Waals surface area contributed by atoms with E-state index in [1.807, 2.05) is 0 Å². The first-order valence-corrected chi connectivity index (χ1v) is 11.7. The first kappa shape index (κ1) is 16.4. The van der Waals surface area contributed by atoms with E-state index >= 15 is 0 Å². The minimum Gasteiger partial charge on any atom is -0.451 e. The molecule has 0 N–H and O–H groups in total. The smallest absolute Gasteiger partial charge is 0.331 e. The third-order valence-electron chi connectivity index (χ3n) is 10.6. The van der Waals surface area contributed by atoms with Crippen molar-refractivity contribution in [3.05, 3.63) is 23.8 Å². The van der Waals surface area contributed by atoms with E-state index in [0.717, 1.165) is 37.0 Å². The van der Waals surface area contributed by atoms with E-state index < -0.39 is 0 Å². The van der Waals surface area contributed by atoms with Gasteiger partial charge in [-0.15, -0.1) is 0 Å². The molecule has 7 unspecified atom stereocenters. The number of hydrogen-bond donors (Lipinski definition) is 0. The van der Waals surface area contributed by atoms with Gasteiger partial charge in [0, 0.05) is 23.8 Å². The Morgan fingerprint density at radius 1 is 1.11 bits per heavy atom. The van der Waals surface area contributed by atoms with Gasteiger partial charge in [-0.2, -0.15) is 0 Å². The van der Waals surface area contributed by atoms with E-state index in [-0.39, 0.29) is 17.0 Å². The summed E-state index contributed by atoms with van der Waals surface area (Å²) in [6.45, 7) is 2.35. The van der Waals surface area contributed by atoms with Gasteiger partial charge >= 0.3 is 5.97 Å². The van der Waals surface area contributed by atoms with Crippen LogP contribution in [0.1, 0.15) is 64.7 Å². The summed E-state index contributed by atoms with van der Waals surface area (Å²) in [6.07, 6.45) is 16.6. The van der Waals surface area contributed by atoms with Gasteiger partial charge < -0.3 is 4.74 Å². The zero-order valence-electron chi connectivity index (χ0n) is 16.8. The van der Waals surface area contributed by atoms with E-state index in [1.165, 1.54) is 38.5 Å². The Hall–Kier alpha value is -1.38. The van der Waals surface area contributed by atoms with Crippen molar-refractivity contribution < 1.29 is 14.3 Å². The molecule has 3 heteroatoms. The van der Waals surface area contributed by atoms with Gasteiger partial charge in [0.1, 0.15) is 5.60 Å². The summed E-state index contributed by atoms with van der Waals surface area (Å²) in [5.74, 6) is 4.49. The van der Waals surface area contributed by atoms with E-state index in [2.05, 4.69) is 19.1 Å². The van der Waals surface area contributed by atoms with Crippen LogP contribution in [-0.2, 0) is 14.3 Å². The molecule has 1 aliphatic heterocycles. The van der Waals surface area contributed by atoms with Gasteiger partial charge in [-0.25, -0.2) is 4.79 Å². The van der Waals surface area contributed by atoms with Gasteiger partial charge in [0.15, 0.2) is 5.78 Å². The third kappa shape index (κ3) is 1.67. The summed E-state index contributed by atoms with van der Waals surface area (Å²) in [4.78, 5) is 24.4. The Morgan fingerprint density at radius 3 is 2.68 bits per heavy atom. The number of rotatable bonds is 1. The fourth-order valence-corrected chi connectivity index (χ4v) is 9.51. The molecule has 28 heavy (non-hydrogen) atoms. The van der Waals surface area contributed by atoms with Crippen LogP contribution in [-0.4, -0.2) is 17.4 Å². The molecule has 0 bridgehead atoms. The summed E-state index contributed by atoms with van der Waals surface area (Å²) in [5, 5.41) is 0. The summed E-state index contributed by atoms with van der Waals surface area (Å²) >= 11 is 0. The average molecular weight is 379 g/mol. The lowest BCUT2D eigenvalue weighted by atomic mass is 9.46. The van der Waals surface area contributed by atoms with Crippen molar-refractivity contribution in [2.45, 2.75) is 70.3 Å². The number of ether oxygens (including phenoxy) is 1. The molecular weight excluding hydrogens is 348 g/mol. The molecule has 5 saturated carbocycles. The van der Waals surface area contributed by atoms with Crippen molar-refractivity contribution in [1.29, 1.82) is 0 Å². The second-order valence-electron chi connectivity index (χ2n) is 11.2. The molecule has 8 atom stereocenters. The molecule has 5 fully saturated rings. The lowest BCUT2D eigenvalue weighted by Gasteiger charge is -2.59. The number of carbonyl (C=O) groups is 2. The highest BCUT2D eigenvalue weighted by Crippen LogP contribution is 2.80. The van der Waals surface area contributed by atoms with Crippen LogP contribution >= 0.6 is 0 Å². The van der Waals surface area contributed by atoms with Gasteiger partial charge in [-0.05, 0) is 98.5 Å². The quantitative estimate of drug-likeness (QED) is 0.626. The largest absolute Gasteiger partial charge is 0.451 e. The summed E-state index contributed by atoms with van der Waals surface area (Å²) in [7, 11) is 0. The summed E-state index contributed by atoms with van der Waals surface area (Å²) < 4.78 is 6.19. The van der Waals surface area contributed by atoms with Crippen LogP contribution in [0, 0.1) is 46.3 Å². The number of allylic oxidation sites excluding steroid dienone is 1. The first-order valence-electron chi connectivity index (χ1n) is 11.7. The maximum Gasteiger partial charge on any atom is 0.331 e. The first-order chi connectivity index (χ1) is 13.5. The van der Waals surface area contributed by atoms with Crippen molar-refractivity contribution in [3.8, 4) is 0 Å². The normalized spacial score (nSPS) is 54.0. The van der Waals surface area contributed by atoms with Crippen LogP contribution in [0.2, 0.25) is 0 Å². The molecule has 1 heterocycles. The molecular formula is C25H30O3. The Kier molecular flexibility index (Phi) is 2.84. The molecule has 0 radical (unpaired) electrons. The van der Waals surface area contributed by atoms with Crippen LogP contribution in [0.5, 0.6) is 0 Å². The summed E-state index contributed by atoms with van der Waals surface area (Å²) in [6, 6.07) is 0. The fourth-order valence-electron chi connectivity index (χ4n) is 9.51. The standard InChI is InChI=1S/C25H30O3/c1-2-24-7-5-15-16-4-3-14(26)11-19(16)23(9-10-23)13-18(15)22(24)17-12-20(17)25(24)8-6-21(27)28-25/h6,8,11,15-18,20,22H,2-5,7,9-10,12-13H2,1H3/t15?,16?,17?,18?,20?,22?,24-,25?/m0/s1. The van der Waals surface area contributed by atoms with Crippen LogP contribution in [0.3, 0.4) is 0 Å². The number of fused-ring (bicyclic) bond motifs is 10. The number of hydrogen-bond acceptors (Lipinski definition) is 3. The average Bonchev–Trinajstić information content (AvgIpc) is 3.60. The van der Waals surface area contributed by atoms with Crippen LogP contribution in [0.25, 0.3) is 0 Å². The molecule has 2 spiro atoms. The zero-order chi connectivity index (χ0) is 18.9. The fraction of sp³-hybridized carbons (Fsp3) is 0.760. The van der Waals surface area contributed by atoms with E-state index in [0.29, 0.717) is 29.0 Å². The maximum atomic E-state index is 12.2. The lowest BCUT2D eigenvalue weighted by molar-refractivity contribution is -0.173. The van der Waals surface area contributed by atoms with Crippen molar-refractivity contribution in [1.82, 2.24) is 0 Å². The van der Waals surface area contributed by atoms with Crippen molar-refractivity contribution >= 4 is 11.8 Å². The molecule has 6 aliphatic carbocycles. The molecule has 0 aromatic rings. The number of esters is 1. The Bertz CT molecular complexity index is 863. The van der Waals surface area contributed by atoms with Crippen LogP contribution in [0.15, 0.2) is 23.8 Å². The van der Waals surface area contributed by atoms with Gasteiger partial charge in [0.2, 0.25) is 0 Å². The second-order valence-corrected chi connectivity index (χ2v) is 11.2. The molecule has 7 aliphatic rings. The Balaban J connectivity index is 1.33. The number of carbonyl (C=O) groups excluding carboxylic acids is 2. The predicted molar refractivity (Wildman–Crippen MR) is 104 cm³/mol. The highest BCUT2D eigenvalue weighted by molar-refractivity contribution is 5.91. The second kappa shape index (κ2) is 4.84. The van der Waals surface area contributed by atoms with Gasteiger partial charge in [0.05, 0.1) is 0 Å². The van der Waals surface area contributed by atoms with Crippen LogP contribution < -0.4 is 0 Å². The molecule has 3 nitrogen and oxygen atoms in total. The lowest BCUT2D eigenvalue weighted by Crippen LogP contribution is -2.57. The van der Waals surface area contributed by atoms with E-state index in [4.69, 9.17) is 4.74 Å². The zero-order valence-corrected chi connectivity index (χ0v) is 16.8. The monoisotopic (exact) mass is 378 g/mol. The molecule has 7 rings (SSSR count). The maximum absolute atomic E-state index is 12.2. The minimum absolute atomic E-state index is 0.112. The Morgan fingerprint density at radius 2 is 1.96 bits per heavy atom. The van der Waals surface area contributed by atoms with Gasteiger partial charge in [-0.1, -0.05) is 12.5 Å².